The number of allylic oxidation sites excluding steroid dienone is 2. The second-order valence-electron chi connectivity index (χ2n) is 28.4. The van der Waals surface area contributed by atoms with E-state index in [0.717, 1.165) is 80.6 Å². The summed E-state index contributed by atoms with van der Waals surface area (Å²) in [4.78, 5) is 58.7. The van der Waals surface area contributed by atoms with Crippen LogP contribution < -0.4 is 28.7 Å². The summed E-state index contributed by atoms with van der Waals surface area (Å²) >= 11 is 12.9. The molecular weight excluding hydrogens is 1280 g/mol. The van der Waals surface area contributed by atoms with Gasteiger partial charge in [-0.2, -0.15) is 0 Å². The molecule has 4 heterocycles. The molecule has 4 aromatic rings. The maximum absolute atomic E-state index is 13.5. The Labute approximate surface area is 564 Å². The number of nitrogens with one attached hydrogen (secondary N) is 2. The van der Waals surface area contributed by atoms with Crippen LogP contribution in [0.15, 0.2) is 97.1 Å². The Bertz CT molecular complexity index is 3870. The quantitative estimate of drug-likeness (QED) is 0.153. The third-order valence-corrected chi connectivity index (χ3v) is 26.9. The van der Waals surface area contributed by atoms with Crippen molar-refractivity contribution < 1.29 is 60.1 Å². The van der Waals surface area contributed by atoms with E-state index in [2.05, 4.69) is 37.4 Å². The first kappa shape index (κ1) is 69.2. The molecule has 3 amide bonds. The van der Waals surface area contributed by atoms with Crippen molar-refractivity contribution in [2.24, 2.45) is 35.5 Å². The Balaban J connectivity index is 0.000000192. The summed E-state index contributed by atoms with van der Waals surface area (Å²) in [5.41, 5.74) is 4.33. The first-order chi connectivity index (χ1) is 44.6. The molecule has 2 saturated carbocycles. The maximum atomic E-state index is 13.5. The lowest BCUT2D eigenvalue weighted by Gasteiger charge is -2.50. The fourth-order valence-corrected chi connectivity index (χ4v) is 19.3. The highest BCUT2D eigenvalue weighted by atomic mass is 35.5. The van der Waals surface area contributed by atoms with Crippen molar-refractivity contribution in [3.8, 4) is 11.5 Å². The predicted octanol–water partition coefficient (Wildman–Crippen LogP) is 11.5. The smallest absolute Gasteiger partial charge is 0.306 e. The van der Waals surface area contributed by atoms with Gasteiger partial charge in [-0.1, -0.05) is 73.5 Å². The number of methoxy groups -OCH3 is 2. The molecule has 8 aliphatic rings. The summed E-state index contributed by atoms with van der Waals surface area (Å²) in [7, 11) is -1.25. The molecule has 0 aromatic heterocycles. The number of aryl methyl sites for hydroxylation is 2. The van der Waals surface area contributed by atoms with Crippen LogP contribution in [0.3, 0.4) is 0 Å². The third kappa shape index (κ3) is 13.8. The van der Waals surface area contributed by atoms with Gasteiger partial charge in [-0.05, 0) is 209 Å². The highest BCUT2D eigenvalue weighted by Gasteiger charge is 2.52. The van der Waals surface area contributed by atoms with Gasteiger partial charge in [0.25, 0.3) is 11.8 Å². The van der Waals surface area contributed by atoms with Crippen LogP contribution in [0.1, 0.15) is 148 Å². The molecule has 4 aliphatic heterocycles. The lowest BCUT2D eigenvalue weighted by atomic mass is 9.62. The van der Waals surface area contributed by atoms with Crippen molar-refractivity contribution in [3.63, 3.8) is 0 Å². The fraction of sp³-hybridized carbons (Fsp3) is 0.556. The number of carbonyl (C=O) groups is 4. The molecule has 4 aromatic carbocycles. The highest BCUT2D eigenvalue weighted by molar-refractivity contribution is 7.91. The summed E-state index contributed by atoms with van der Waals surface area (Å²) in [6.07, 6.45) is 17.8. The van der Waals surface area contributed by atoms with Crippen molar-refractivity contribution >= 4 is 78.3 Å². The van der Waals surface area contributed by atoms with Gasteiger partial charge in [-0.15, -0.1) is 0 Å². The van der Waals surface area contributed by atoms with Gasteiger partial charge in [0.1, 0.15) is 11.5 Å². The summed E-state index contributed by atoms with van der Waals surface area (Å²) in [5.74, 6) is -1.36. The molecule has 12 rings (SSSR count). The Morgan fingerprint density at radius 3 is 1.44 bits per heavy atom. The first-order valence-corrected chi connectivity index (χ1v) is 37.1. The summed E-state index contributed by atoms with van der Waals surface area (Å²) < 4.78 is 83.8. The number of hydrogen-bond acceptors (Lipinski definition) is 14. The lowest BCUT2D eigenvalue weighted by molar-refractivity contribution is -0.148. The van der Waals surface area contributed by atoms with Crippen LogP contribution in [0.25, 0.3) is 0 Å². The standard InChI is InChI=1S/C37H48ClN3O6S.C35H43ClN2O7S/c1-24-8-6-17-37(46-5,20-34(42)40(3)4)31-13-10-28(31)21-41-22-36(16-7-9-26-18-29(38)12-14-30(26)36)23-47-33-15-11-27(19-32(33)41)35(43)39-48(44,45)25(24)2;1-22-6-4-15-35(44-3,18-32(39)40)29-11-8-26(29)19-38-20-34(14-5-7-24-16-27(36)10-12-28(24)34)21-45-31-13-9-25(17-30(31)38)33(41)37-46(42,43)23(22)2/h6,11-12,14-15,17-19,24-25,28,31H,7-10,13,16,20-23H2,1-5H3,(H,39,43);4,9-10,12-13,15-17,22-23,26,29H,5-8,11,14,18-21H2,1-3H3,(H,37,41)(H,39,40)/b17-6+;15-4+/t24-,25+,28-,31+,36-,37+;22-,23+,26-,29+,34-,35+/m00/s1. The minimum absolute atomic E-state index is 0.0251. The predicted molar refractivity (Wildman–Crippen MR) is 365 cm³/mol. The topological polar surface area (TPSA) is 227 Å². The summed E-state index contributed by atoms with van der Waals surface area (Å²) in [5, 5.41) is 9.71. The van der Waals surface area contributed by atoms with Crippen LogP contribution in [-0.2, 0) is 62.8 Å². The van der Waals surface area contributed by atoms with Crippen LogP contribution in [0, 0.1) is 35.5 Å². The van der Waals surface area contributed by atoms with Gasteiger partial charge in [-0.25, -0.2) is 26.3 Å². The van der Waals surface area contributed by atoms with Gasteiger partial charge in [0.05, 0.1) is 59.1 Å². The highest BCUT2D eigenvalue weighted by Crippen LogP contribution is 2.53. The number of sulfonamides is 2. The number of carbonyl (C=O) groups excluding carboxylic acids is 3. The summed E-state index contributed by atoms with van der Waals surface area (Å²) in [6, 6.07) is 22.6. The average Bonchev–Trinajstić information content (AvgIpc) is 1.27. The molecule has 4 aliphatic carbocycles. The van der Waals surface area contributed by atoms with Gasteiger partial charge in [0.2, 0.25) is 26.0 Å². The zero-order valence-corrected chi connectivity index (χ0v) is 58.4. The lowest BCUT2D eigenvalue weighted by Crippen LogP contribution is -2.54. The molecule has 0 radical (unpaired) electrons. The molecule has 0 saturated heterocycles. The molecule has 2 fully saturated rings. The Kier molecular flexibility index (Phi) is 20.2. The minimum atomic E-state index is -4.01. The first-order valence-electron chi connectivity index (χ1n) is 33.2. The zero-order chi connectivity index (χ0) is 67.3. The van der Waals surface area contributed by atoms with E-state index in [4.69, 9.17) is 42.1 Å². The Morgan fingerprint density at radius 1 is 0.628 bits per heavy atom. The molecule has 22 heteroatoms. The molecule has 4 bridgehead atoms. The second kappa shape index (κ2) is 27.4. The monoisotopic (exact) mass is 1370 g/mol. The van der Waals surface area contributed by atoms with Crippen LogP contribution in [-0.4, -0.2) is 140 Å². The van der Waals surface area contributed by atoms with Crippen molar-refractivity contribution in [2.45, 2.75) is 150 Å². The number of benzene rings is 4. The molecule has 18 nitrogen and oxygen atoms in total. The largest absolute Gasteiger partial charge is 0.490 e. The number of amides is 3. The van der Waals surface area contributed by atoms with Crippen molar-refractivity contribution in [2.75, 3.05) is 77.5 Å². The summed E-state index contributed by atoms with van der Waals surface area (Å²) in [6.45, 7) is 10.3. The fourth-order valence-electron chi connectivity index (χ4n) is 16.3. The van der Waals surface area contributed by atoms with Crippen molar-refractivity contribution in [1.82, 2.24) is 14.3 Å². The number of ether oxygens (including phenoxy) is 4. The van der Waals surface area contributed by atoms with Gasteiger partial charge in [0, 0.05) is 86.5 Å². The Hall–Kier alpha value is -6.16. The SMILES string of the molecule is CO[C@@]1(CC(=O)N(C)C)/C=C/C[C@H](C)[C@@H](C)S(=O)(=O)NC(=O)c2ccc3c(c2)N(C[C@@H]2CC[C@H]21)C[C@@]1(CCCc2cc(Cl)ccc21)CO3.CO[C@@]1(CC(=O)O)/C=C/C[C@H](C)[C@@H](C)S(=O)(=O)NC(=O)c2ccc3c(c2)N(C[C@@H]2CC[C@H]21)C[C@@]1(CCCc2cc(Cl)ccc21)CO3. The van der Waals surface area contributed by atoms with Crippen LogP contribution in [0.4, 0.5) is 11.4 Å². The van der Waals surface area contributed by atoms with E-state index in [1.54, 1.807) is 83.5 Å². The van der Waals surface area contributed by atoms with Crippen LogP contribution in [0.5, 0.6) is 11.5 Å². The van der Waals surface area contributed by atoms with E-state index in [9.17, 15) is 41.1 Å². The second-order valence-corrected chi connectivity index (χ2v) is 33.4. The number of carboxylic acid groups (broad SMARTS) is 1. The number of fused-ring (bicyclic) bond motifs is 8. The maximum Gasteiger partial charge on any atom is 0.306 e. The molecule has 94 heavy (non-hydrogen) atoms. The number of rotatable bonds is 6. The number of halogens is 2. The average molecular weight is 1370 g/mol. The van der Waals surface area contributed by atoms with E-state index in [1.165, 1.54) is 22.3 Å². The molecular formula is C72H91Cl2N5O13S2. The van der Waals surface area contributed by atoms with Crippen LogP contribution >= 0.6 is 23.2 Å². The van der Waals surface area contributed by atoms with E-state index in [1.807, 2.05) is 56.4 Å². The number of nitrogens with zero attached hydrogens (tertiary/aromatic N) is 3. The normalized spacial score (nSPS) is 32.5. The van der Waals surface area contributed by atoms with E-state index in [0.29, 0.717) is 68.8 Å². The zero-order valence-electron chi connectivity index (χ0n) is 55.3. The van der Waals surface area contributed by atoms with Crippen LogP contribution in [0.2, 0.25) is 10.0 Å². The van der Waals surface area contributed by atoms with Crippen molar-refractivity contribution in [1.29, 1.82) is 0 Å². The molecule has 3 N–H and O–H groups in total. The number of carboxylic acids is 1. The van der Waals surface area contributed by atoms with E-state index >= 15 is 0 Å². The van der Waals surface area contributed by atoms with Gasteiger partial charge >= 0.3 is 5.97 Å². The molecule has 0 unspecified atom stereocenters. The third-order valence-electron chi connectivity index (χ3n) is 22.6. The van der Waals surface area contributed by atoms with E-state index in [-0.39, 0.29) is 76.2 Å². The minimum Gasteiger partial charge on any atom is -0.490 e. The van der Waals surface area contributed by atoms with Gasteiger partial charge in [-0.3, -0.25) is 19.2 Å². The van der Waals surface area contributed by atoms with E-state index < -0.39 is 59.5 Å². The van der Waals surface area contributed by atoms with Gasteiger partial charge in [0.15, 0.2) is 0 Å². The number of aliphatic carboxylic acids is 1. The number of hydrogen-bond donors (Lipinski definition) is 3. The molecule has 508 valence electrons. The Morgan fingerprint density at radius 2 is 1.05 bits per heavy atom. The van der Waals surface area contributed by atoms with Gasteiger partial charge < -0.3 is 38.8 Å². The molecule has 12 atom stereocenters. The molecule has 2 spiro atoms. The number of anilines is 2. The van der Waals surface area contributed by atoms with Crippen molar-refractivity contribution in [3.05, 3.63) is 141 Å².